The van der Waals surface area contributed by atoms with Crippen molar-refractivity contribution in [3.8, 4) is 11.5 Å². The van der Waals surface area contributed by atoms with E-state index in [9.17, 15) is 0 Å². The van der Waals surface area contributed by atoms with Gasteiger partial charge in [0.05, 0.1) is 27.3 Å². The highest BCUT2D eigenvalue weighted by Crippen LogP contribution is 2.37. The molecular formula is C19H20BrCl2N3O2S. The van der Waals surface area contributed by atoms with Crippen LogP contribution in [0.15, 0.2) is 39.9 Å². The van der Waals surface area contributed by atoms with E-state index >= 15 is 0 Å². The fourth-order valence-corrected chi connectivity index (χ4v) is 3.31. The minimum atomic E-state index is 0.321. The number of ether oxygens (including phenoxy) is 2. The summed E-state index contributed by atoms with van der Waals surface area (Å²) in [5.74, 6) is 1.20. The van der Waals surface area contributed by atoms with Gasteiger partial charge in [-0.1, -0.05) is 29.3 Å². The zero-order valence-corrected chi connectivity index (χ0v) is 19.3. The maximum absolute atomic E-state index is 6.06. The number of benzene rings is 2. The molecule has 150 valence electrons. The second-order valence-electron chi connectivity index (χ2n) is 5.53. The van der Waals surface area contributed by atoms with E-state index in [1.54, 1.807) is 18.3 Å². The van der Waals surface area contributed by atoms with Crippen LogP contribution in [0.2, 0.25) is 10.0 Å². The molecular weight excluding hydrogens is 485 g/mol. The van der Waals surface area contributed by atoms with Crippen molar-refractivity contribution in [2.75, 3.05) is 13.2 Å². The predicted molar refractivity (Wildman–Crippen MR) is 123 cm³/mol. The van der Waals surface area contributed by atoms with Crippen molar-refractivity contribution in [2.24, 2.45) is 5.10 Å². The molecule has 0 unspecified atom stereocenters. The second-order valence-corrected chi connectivity index (χ2v) is 7.61. The molecule has 2 N–H and O–H groups in total. The van der Waals surface area contributed by atoms with Gasteiger partial charge in [0.2, 0.25) is 0 Å². The zero-order chi connectivity index (χ0) is 20.5. The van der Waals surface area contributed by atoms with Crippen molar-refractivity contribution in [3.63, 3.8) is 0 Å². The highest BCUT2D eigenvalue weighted by Gasteiger charge is 2.12. The van der Waals surface area contributed by atoms with Crippen molar-refractivity contribution in [2.45, 2.75) is 20.5 Å². The van der Waals surface area contributed by atoms with Gasteiger partial charge in [0.1, 0.15) is 6.61 Å². The Morgan fingerprint density at radius 1 is 1.18 bits per heavy atom. The Morgan fingerprint density at radius 2 is 1.96 bits per heavy atom. The van der Waals surface area contributed by atoms with Crippen LogP contribution in [-0.2, 0) is 6.61 Å². The topological polar surface area (TPSA) is 54.9 Å². The summed E-state index contributed by atoms with van der Waals surface area (Å²) in [7, 11) is 0. The largest absolute Gasteiger partial charge is 0.490 e. The summed E-state index contributed by atoms with van der Waals surface area (Å²) in [5, 5.41) is 8.54. The smallest absolute Gasteiger partial charge is 0.186 e. The highest BCUT2D eigenvalue weighted by molar-refractivity contribution is 9.10. The molecule has 2 aromatic rings. The fourth-order valence-electron chi connectivity index (χ4n) is 2.22. The molecule has 0 saturated carbocycles. The quantitative estimate of drug-likeness (QED) is 0.280. The number of hydrogen-bond acceptors (Lipinski definition) is 4. The summed E-state index contributed by atoms with van der Waals surface area (Å²) < 4.78 is 12.4. The summed E-state index contributed by atoms with van der Waals surface area (Å²) in [6.07, 6.45) is 1.65. The molecule has 0 amide bonds. The first-order valence-electron chi connectivity index (χ1n) is 8.54. The number of nitrogens with one attached hydrogen (secondary N) is 2. The fraction of sp³-hybridized carbons (Fsp3) is 0.263. The molecule has 0 aliphatic carbocycles. The lowest BCUT2D eigenvalue weighted by Crippen LogP contribution is -2.31. The molecule has 0 spiro atoms. The SMILES string of the molecule is CCNC(=S)N/N=C\c1cc(Br)c(OCc2ccc(Cl)c(Cl)c2)c(OCC)c1. The Kier molecular flexibility index (Phi) is 9.31. The third-order valence-corrected chi connectivity index (χ3v) is 4.98. The van der Waals surface area contributed by atoms with Crippen molar-refractivity contribution in [1.82, 2.24) is 10.7 Å². The lowest BCUT2D eigenvalue weighted by Gasteiger charge is -2.15. The maximum atomic E-state index is 6.06. The highest BCUT2D eigenvalue weighted by atomic mass is 79.9. The minimum absolute atomic E-state index is 0.321. The van der Waals surface area contributed by atoms with Gasteiger partial charge in [-0.15, -0.1) is 0 Å². The van der Waals surface area contributed by atoms with Crippen LogP contribution in [0.1, 0.15) is 25.0 Å². The van der Waals surface area contributed by atoms with Gasteiger partial charge in [0, 0.05) is 6.54 Å². The van der Waals surface area contributed by atoms with E-state index in [-0.39, 0.29) is 0 Å². The van der Waals surface area contributed by atoms with E-state index in [4.69, 9.17) is 44.9 Å². The summed E-state index contributed by atoms with van der Waals surface area (Å²) in [4.78, 5) is 0. The molecule has 0 aromatic heterocycles. The Morgan fingerprint density at radius 3 is 2.64 bits per heavy atom. The van der Waals surface area contributed by atoms with Gasteiger partial charge >= 0.3 is 0 Å². The Balaban J connectivity index is 2.16. The molecule has 0 aliphatic heterocycles. The van der Waals surface area contributed by atoms with Crippen molar-refractivity contribution >= 4 is 62.7 Å². The van der Waals surface area contributed by atoms with Crippen LogP contribution < -0.4 is 20.2 Å². The van der Waals surface area contributed by atoms with Crippen LogP contribution in [-0.4, -0.2) is 24.5 Å². The monoisotopic (exact) mass is 503 g/mol. The minimum Gasteiger partial charge on any atom is -0.490 e. The van der Waals surface area contributed by atoms with Crippen LogP contribution in [0.4, 0.5) is 0 Å². The third-order valence-electron chi connectivity index (χ3n) is 3.42. The van der Waals surface area contributed by atoms with Crippen LogP contribution >= 0.6 is 51.3 Å². The van der Waals surface area contributed by atoms with Crippen LogP contribution in [0.3, 0.4) is 0 Å². The maximum Gasteiger partial charge on any atom is 0.186 e. The van der Waals surface area contributed by atoms with E-state index in [1.165, 1.54) is 0 Å². The number of thiocarbonyl (C=S) groups is 1. The summed E-state index contributed by atoms with van der Waals surface area (Å²) in [6, 6.07) is 9.11. The van der Waals surface area contributed by atoms with Crippen LogP contribution in [0.25, 0.3) is 0 Å². The van der Waals surface area contributed by atoms with Gasteiger partial charge < -0.3 is 14.8 Å². The first kappa shape index (κ1) is 22.7. The van der Waals surface area contributed by atoms with Gasteiger partial charge in [-0.2, -0.15) is 5.10 Å². The first-order valence-corrected chi connectivity index (χ1v) is 10.5. The Bertz CT molecular complexity index is 865. The van der Waals surface area contributed by atoms with Crippen molar-refractivity contribution in [3.05, 3.63) is 56.0 Å². The molecule has 5 nitrogen and oxygen atoms in total. The average molecular weight is 505 g/mol. The molecule has 0 fully saturated rings. The normalized spacial score (nSPS) is 10.8. The second kappa shape index (κ2) is 11.5. The standard InChI is InChI=1S/C19H20BrCl2N3O2S/c1-3-23-19(28)25-24-10-13-7-14(20)18(17(9-13)26-4-2)27-11-12-5-6-15(21)16(22)8-12/h5-10H,3-4,11H2,1-2H3,(H2,23,25,28)/b24-10-. The zero-order valence-electron chi connectivity index (χ0n) is 15.4. The molecule has 0 saturated heterocycles. The van der Waals surface area contributed by atoms with E-state index < -0.39 is 0 Å². The van der Waals surface area contributed by atoms with Gasteiger partial charge in [0.15, 0.2) is 16.6 Å². The van der Waals surface area contributed by atoms with Crippen LogP contribution in [0.5, 0.6) is 11.5 Å². The predicted octanol–water partition coefficient (Wildman–Crippen LogP) is 5.55. The van der Waals surface area contributed by atoms with Gasteiger partial charge in [-0.3, -0.25) is 5.43 Å². The molecule has 2 aromatic carbocycles. The van der Waals surface area contributed by atoms with Crippen molar-refractivity contribution in [1.29, 1.82) is 0 Å². The number of halogens is 3. The molecule has 0 heterocycles. The Labute approximate surface area is 188 Å². The molecule has 2 rings (SSSR count). The number of hydrogen-bond donors (Lipinski definition) is 2. The molecule has 9 heteroatoms. The molecule has 0 aliphatic rings. The molecule has 0 bridgehead atoms. The molecule has 0 radical (unpaired) electrons. The lowest BCUT2D eigenvalue weighted by atomic mass is 10.2. The van der Waals surface area contributed by atoms with Gasteiger partial charge in [-0.25, -0.2) is 0 Å². The summed E-state index contributed by atoms with van der Waals surface area (Å²) in [6.45, 7) is 5.42. The van der Waals surface area contributed by atoms with Gasteiger partial charge in [-0.05, 0) is 77.4 Å². The first-order chi connectivity index (χ1) is 13.4. The summed E-state index contributed by atoms with van der Waals surface area (Å²) >= 11 is 20.6. The average Bonchev–Trinajstić information content (AvgIpc) is 2.64. The summed E-state index contributed by atoms with van der Waals surface area (Å²) in [5.41, 5.74) is 4.47. The van der Waals surface area contributed by atoms with Crippen molar-refractivity contribution < 1.29 is 9.47 Å². The van der Waals surface area contributed by atoms with Crippen LogP contribution in [0, 0.1) is 0 Å². The van der Waals surface area contributed by atoms with E-state index in [1.807, 2.05) is 32.0 Å². The third kappa shape index (κ3) is 6.81. The van der Waals surface area contributed by atoms with Gasteiger partial charge in [0.25, 0.3) is 0 Å². The van der Waals surface area contributed by atoms with E-state index in [0.29, 0.717) is 39.9 Å². The van der Waals surface area contributed by atoms with E-state index in [2.05, 4.69) is 31.8 Å². The molecule has 0 atom stereocenters. The number of nitrogens with zero attached hydrogens (tertiary/aromatic N) is 1. The number of hydrazone groups is 1. The number of rotatable bonds is 8. The lowest BCUT2D eigenvalue weighted by molar-refractivity contribution is 0.267. The van der Waals surface area contributed by atoms with E-state index in [0.717, 1.165) is 22.1 Å². The molecule has 28 heavy (non-hydrogen) atoms. The Hall–Kier alpha value is -1.54.